The number of hydrogen-bond donors (Lipinski definition) is 0. The van der Waals surface area contributed by atoms with E-state index in [9.17, 15) is 0 Å². The number of fused-ring (bicyclic) bond motifs is 24. The van der Waals surface area contributed by atoms with Crippen LogP contribution < -0.4 is 0 Å². The lowest BCUT2D eigenvalue weighted by molar-refractivity contribution is 1.09. The molecule has 0 spiro atoms. The summed E-state index contributed by atoms with van der Waals surface area (Å²) in [5, 5.41) is 0. The van der Waals surface area contributed by atoms with Crippen molar-refractivity contribution >= 4 is 0 Å². The number of benzene rings is 8. The summed E-state index contributed by atoms with van der Waals surface area (Å²) < 4.78 is 0. The SMILES string of the molecule is CC.CC.CC.CC.CC.CC.CC.CC.Cc1ccc2c(c1C)-c1cccnc1C2.Cc1ccc2c(c1C)-c1ccncc1C2.Cc1ccc2c(c1C)-c1cnccc1C2.Cc1ccc2c(c1C)-c1ncccc1C2.Cc1ccc2c(c1C)Cc1cnccc1-2.Cc1ccc2c(c1C)Cc1ncccc1-2.Cc1cnc2c(c1C)-c1ccccc1C2.Cc1ncc2c(c1C)-c1ccccc1C2. The first-order valence-corrected chi connectivity index (χ1v) is 50.4. The molecule has 0 saturated carbocycles. The maximum atomic E-state index is 4.53. The third-order valence-electron chi connectivity index (χ3n) is 26.9. The van der Waals surface area contributed by atoms with Crippen molar-refractivity contribution in [2.45, 2.75) is 273 Å². The van der Waals surface area contributed by atoms with Crippen molar-refractivity contribution < 1.29 is 0 Å². The van der Waals surface area contributed by atoms with Crippen molar-refractivity contribution in [3.8, 4) is 89.1 Å². The number of hydrogen-bond acceptors (Lipinski definition) is 8. The third-order valence-corrected chi connectivity index (χ3v) is 26.9. The fourth-order valence-corrected chi connectivity index (χ4v) is 19.0. The Morgan fingerprint density at radius 1 is 0.169 bits per heavy atom. The van der Waals surface area contributed by atoms with Gasteiger partial charge in [-0.05, 0) is 365 Å². The van der Waals surface area contributed by atoms with Crippen molar-refractivity contribution in [3.05, 3.63) is 423 Å². The fraction of sp³-hybridized carbons (Fsp3) is 0.312. The van der Waals surface area contributed by atoms with E-state index in [0.29, 0.717) is 0 Å². The quantitative estimate of drug-likeness (QED) is 0.148. The second-order valence-electron chi connectivity index (χ2n) is 33.8. The van der Waals surface area contributed by atoms with Crippen LogP contribution in [0.15, 0.2) is 244 Å². The lowest BCUT2D eigenvalue weighted by atomic mass is 9.97. The second-order valence-corrected chi connectivity index (χ2v) is 33.8. The van der Waals surface area contributed by atoms with Gasteiger partial charge >= 0.3 is 0 Å². The third kappa shape index (κ3) is 23.0. The van der Waals surface area contributed by atoms with Crippen molar-refractivity contribution in [1.29, 1.82) is 0 Å². The molecule has 8 heterocycles. The molecule has 0 N–H and O–H groups in total. The largest absolute Gasteiger partial charge is 0.264 e. The van der Waals surface area contributed by atoms with Crippen molar-refractivity contribution in [2.75, 3.05) is 0 Å². The van der Waals surface area contributed by atoms with Gasteiger partial charge in [0.25, 0.3) is 0 Å². The van der Waals surface area contributed by atoms with Gasteiger partial charge in [-0.15, -0.1) is 0 Å². The van der Waals surface area contributed by atoms with E-state index in [1.54, 1.807) is 0 Å². The highest BCUT2D eigenvalue weighted by Crippen LogP contribution is 2.46. The standard InChI is InChI=1S/8C14H13N.8C2H6/c1-9-3-4-13-12-5-6-15-8-11(12)7-14(13)10(9)2;1-9-3-4-12-7-11-5-6-15-8-13(11)14(12)10(9)2;1-9-3-4-11-7-12-8-15-6-5-13(12)14(11)10(9)2;1-9-5-6-11-12-4-3-7-15-14(12)8-13(11)10(9)2;1-9-5-6-11-8-13-12(4-3-7-15-13)14(11)10(9)2;1-9-5-6-11-8-12-4-3-7-15-14(12)13(11)10(9)2;1-9-10(2)15-8-12-7-11-5-3-4-6-13(11)14(9)12;1-9-8-15-13-7-11-5-3-4-6-12(11)14(13)10(9)2;8*1-2/h3*3-6,8H,7H2,1-2H3;3*3-7H,8H2,1-2H3;2*3-6,8H,7H2,1-2H3;8*1-2H3. The lowest BCUT2D eigenvalue weighted by Gasteiger charge is -2.08. The Morgan fingerprint density at radius 3 is 1.10 bits per heavy atom. The van der Waals surface area contributed by atoms with E-state index in [0.717, 1.165) is 57.1 Å². The smallest absolute Gasteiger partial charge is 0.0742 e. The molecule has 8 aliphatic rings. The Balaban J connectivity index is 0.000000170. The molecule has 0 amide bonds. The summed E-state index contributed by atoms with van der Waals surface area (Å²) >= 11 is 0. The zero-order chi connectivity index (χ0) is 99.3. The van der Waals surface area contributed by atoms with E-state index in [-0.39, 0.29) is 0 Å². The number of rotatable bonds is 0. The van der Waals surface area contributed by atoms with Crippen LogP contribution in [0.2, 0.25) is 0 Å². The van der Waals surface area contributed by atoms with Crippen LogP contribution in [0.4, 0.5) is 0 Å². The molecule has 8 heteroatoms. The predicted molar refractivity (Wildman–Crippen MR) is 586 cm³/mol. The lowest BCUT2D eigenvalue weighted by Crippen LogP contribution is -1.92. The Hall–Kier alpha value is -13.0. The van der Waals surface area contributed by atoms with Crippen LogP contribution in [-0.4, -0.2) is 39.9 Å². The molecule has 704 valence electrons. The molecule has 24 rings (SSSR count). The summed E-state index contributed by atoms with van der Waals surface area (Å²) in [5.74, 6) is 0. The van der Waals surface area contributed by atoms with Gasteiger partial charge in [0, 0.05) is 147 Å². The van der Waals surface area contributed by atoms with Crippen molar-refractivity contribution in [3.63, 3.8) is 0 Å². The summed E-state index contributed by atoms with van der Waals surface area (Å²) in [4.78, 5) is 35.0. The molecule has 0 fully saturated rings. The van der Waals surface area contributed by atoms with Gasteiger partial charge in [-0.2, -0.15) is 0 Å². The minimum atomic E-state index is 0.993. The molecule has 8 aliphatic carbocycles. The van der Waals surface area contributed by atoms with Gasteiger partial charge in [-0.1, -0.05) is 250 Å². The van der Waals surface area contributed by atoms with Gasteiger partial charge < -0.3 is 0 Å². The molecule has 0 radical (unpaired) electrons. The highest BCUT2D eigenvalue weighted by atomic mass is 14.7. The first-order chi connectivity index (χ1) is 66.2. The highest BCUT2D eigenvalue weighted by molar-refractivity contribution is 5.85. The van der Waals surface area contributed by atoms with Gasteiger partial charge in [-0.3, -0.25) is 39.9 Å². The predicted octanol–water partition coefficient (Wildman–Crippen LogP) is 34.4. The Labute approximate surface area is 819 Å². The normalized spacial score (nSPS) is 11.3. The Kier molecular flexibility index (Phi) is 40.0. The van der Waals surface area contributed by atoms with E-state index in [4.69, 9.17) is 0 Å². The summed E-state index contributed by atoms with van der Waals surface area (Å²) in [6.07, 6.45) is 29.5. The number of pyridine rings is 8. The average molecular weight is 1800 g/mol. The second kappa shape index (κ2) is 51.1. The fourth-order valence-electron chi connectivity index (χ4n) is 19.0. The van der Waals surface area contributed by atoms with E-state index in [1.807, 2.05) is 197 Å². The maximum absolute atomic E-state index is 4.53. The summed E-state index contributed by atoms with van der Waals surface area (Å²) in [6, 6.07) is 62.9. The van der Waals surface area contributed by atoms with E-state index in [2.05, 4.69) is 308 Å². The van der Waals surface area contributed by atoms with Gasteiger partial charge in [0.05, 0.1) is 22.8 Å². The number of aryl methyl sites for hydroxylation is 8. The zero-order valence-electron chi connectivity index (χ0n) is 88.3. The van der Waals surface area contributed by atoms with Crippen LogP contribution in [-0.2, 0) is 51.4 Å². The molecule has 0 aliphatic heterocycles. The van der Waals surface area contributed by atoms with E-state index >= 15 is 0 Å². The summed E-state index contributed by atoms with van der Waals surface area (Å²) in [5.41, 5.74) is 65.8. The minimum Gasteiger partial charge on any atom is -0.264 e. The highest BCUT2D eigenvalue weighted by Gasteiger charge is 2.29. The molecule has 136 heavy (non-hydrogen) atoms. The molecule has 0 saturated heterocycles. The van der Waals surface area contributed by atoms with Crippen molar-refractivity contribution in [1.82, 2.24) is 39.9 Å². The van der Waals surface area contributed by atoms with Crippen LogP contribution >= 0.6 is 0 Å². The molecular formula is C128H152N8. The van der Waals surface area contributed by atoms with Crippen LogP contribution in [0.3, 0.4) is 0 Å². The minimum absolute atomic E-state index is 0.993. The van der Waals surface area contributed by atoms with E-state index in [1.165, 1.54) is 262 Å². The molecule has 16 aromatic rings. The van der Waals surface area contributed by atoms with Gasteiger partial charge in [0.15, 0.2) is 0 Å². The monoisotopic (exact) mass is 1800 g/mol. The number of nitrogens with zero attached hydrogens (tertiary/aromatic N) is 8. The summed E-state index contributed by atoms with van der Waals surface area (Å²) in [7, 11) is 0. The molecule has 8 aromatic carbocycles. The molecule has 8 aromatic heterocycles. The first kappa shape index (κ1) is 107. The van der Waals surface area contributed by atoms with E-state index < -0.39 is 0 Å². The number of aromatic nitrogens is 8. The van der Waals surface area contributed by atoms with Crippen LogP contribution in [0.1, 0.15) is 289 Å². The Morgan fingerprint density at radius 2 is 0.522 bits per heavy atom. The van der Waals surface area contributed by atoms with Crippen molar-refractivity contribution in [2.24, 2.45) is 0 Å². The van der Waals surface area contributed by atoms with Crippen LogP contribution in [0.5, 0.6) is 0 Å². The summed E-state index contributed by atoms with van der Waals surface area (Å²) in [6.45, 7) is 66.8. The molecule has 8 nitrogen and oxygen atoms in total. The first-order valence-electron chi connectivity index (χ1n) is 50.4. The van der Waals surface area contributed by atoms with Crippen LogP contribution in [0, 0.1) is 111 Å². The molecule has 0 unspecified atom stereocenters. The van der Waals surface area contributed by atoms with Gasteiger partial charge in [-0.25, -0.2) is 0 Å². The topological polar surface area (TPSA) is 103 Å². The molecule has 0 bridgehead atoms. The Bertz CT molecular complexity index is 5870. The molecule has 0 atom stereocenters. The van der Waals surface area contributed by atoms with Gasteiger partial charge in [0.2, 0.25) is 0 Å². The van der Waals surface area contributed by atoms with Gasteiger partial charge in [0.1, 0.15) is 0 Å². The maximum Gasteiger partial charge on any atom is 0.0742 e. The average Bonchev–Trinajstić information content (AvgIpc) is 1.60. The zero-order valence-corrected chi connectivity index (χ0v) is 88.3. The van der Waals surface area contributed by atoms with Crippen LogP contribution in [0.25, 0.3) is 89.1 Å². The molecular weight excluding hydrogens is 1650 g/mol.